The van der Waals surface area contributed by atoms with Gasteiger partial charge in [-0.2, -0.15) is 0 Å². The topological polar surface area (TPSA) is 247 Å². The van der Waals surface area contributed by atoms with E-state index in [1.807, 2.05) is 18.2 Å². The molecular formula is C24H32N6O8. The second-order valence-corrected chi connectivity index (χ2v) is 8.80. The molecule has 1 aromatic heterocycles. The summed E-state index contributed by atoms with van der Waals surface area (Å²) in [4.78, 5) is 74.6. The summed E-state index contributed by atoms with van der Waals surface area (Å²) >= 11 is 0. The van der Waals surface area contributed by atoms with Crippen LogP contribution in [0.2, 0.25) is 0 Å². The molecule has 14 heteroatoms. The minimum atomic E-state index is -1.35. The number of carboxylic acid groups (broad SMARTS) is 2. The summed E-state index contributed by atoms with van der Waals surface area (Å²) in [6.45, 7) is 1.31. The molecule has 2 rings (SSSR count). The number of nitrogens with two attached hydrogens (primary N) is 2. The fraction of sp³-hybridized carbons (Fsp3) is 0.417. The molecular weight excluding hydrogens is 500 g/mol. The van der Waals surface area contributed by atoms with Crippen LogP contribution in [0.1, 0.15) is 38.2 Å². The molecule has 0 bridgehead atoms. The number of carboxylic acids is 2. The number of fused-ring (bicyclic) bond motifs is 1. The van der Waals surface area contributed by atoms with E-state index in [9.17, 15) is 33.9 Å². The second kappa shape index (κ2) is 13.7. The third-order valence-electron chi connectivity index (χ3n) is 5.78. The molecule has 4 unspecified atom stereocenters. The summed E-state index contributed by atoms with van der Waals surface area (Å²) < 4.78 is 0. The number of primary amides is 1. The Morgan fingerprint density at radius 3 is 2.18 bits per heavy atom. The Morgan fingerprint density at radius 2 is 1.55 bits per heavy atom. The first kappa shape index (κ1) is 29.8. The van der Waals surface area contributed by atoms with Crippen LogP contribution in [0.15, 0.2) is 30.5 Å². The summed E-state index contributed by atoms with van der Waals surface area (Å²) in [6.07, 6.45) is 0.610. The maximum Gasteiger partial charge on any atom is 0.326 e. The Hall–Kier alpha value is -4.46. The number of aliphatic carboxylic acids is 2. The molecule has 38 heavy (non-hydrogen) atoms. The zero-order chi connectivity index (χ0) is 28.4. The Kier molecular flexibility index (Phi) is 10.8. The van der Waals surface area contributed by atoms with Crippen LogP contribution in [0.4, 0.5) is 0 Å². The molecule has 4 amide bonds. The molecule has 10 N–H and O–H groups in total. The fourth-order valence-corrected chi connectivity index (χ4v) is 3.64. The highest BCUT2D eigenvalue weighted by Crippen LogP contribution is 2.19. The minimum Gasteiger partial charge on any atom is -0.481 e. The van der Waals surface area contributed by atoms with Crippen LogP contribution < -0.4 is 27.4 Å². The molecule has 206 valence electrons. The van der Waals surface area contributed by atoms with Gasteiger partial charge in [0.05, 0.1) is 6.04 Å². The Morgan fingerprint density at radius 1 is 0.895 bits per heavy atom. The third kappa shape index (κ3) is 8.89. The van der Waals surface area contributed by atoms with Gasteiger partial charge in [0.15, 0.2) is 0 Å². The lowest BCUT2D eigenvalue weighted by molar-refractivity contribution is -0.142. The molecule has 0 saturated heterocycles. The number of aromatic amines is 1. The van der Waals surface area contributed by atoms with E-state index in [-0.39, 0.29) is 25.7 Å². The molecule has 0 saturated carbocycles. The van der Waals surface area contributed by atoms with E-state index in [1.165, 1.54) is 6.92 Å². The first-order chi connectivity index (χ1) is 17.9. The van der Waals surface area contributed by atoms with E-state index in [4.69, 9.17) is 16.6 Å². The van der Waals surface area contributed by atoms with Gasteiger partial charge in [0.25, 0.3) is 0 Å². The molecule has 0 radical (unpaired) electrons. The smallest absolute Gasteiger partial charge is 0.326 e. The van der Waals surface area contributed by atoms with Crippen molar-refractivity contribution in [1.29, 1.82) is 0 Å². The number of benzene rings is 1. The highest BCUT2D eigenvalue weighted by Gasteiger charge is 2.29. The zero-order valence-electron chi connectivity index (χ0n) is 20.7. The van der Waals surface area contributed by atoms with Crippen LogP contribution in [-0.4, -0.2) is 74.9 Å². The molecule has 14 nitrogen and oxygen atoms in total. The summed E-state index contributed by atoms with van der Waals surface area (Å²) in [6, 6.07) is 2.22. The summed E-state index contributed by atoms with van der Waals surface area (Å²) in [5, 5.41) is 26.5. The van der Waals surface area contributed by atoms with Gasteiger partial charge >= 0.3 is 11.9 Å². The minimum absolute atomic E-state index is 0.0216. The van der Waals surface area contributed by atoms with Crippen molar-refractivity contribution >= 4 is 46.5 Å². The van der Waals surface area contributed by atoms with Gasteiger partial charge in [0.1, 0.15) is 18.1 Å². The number of hydrogen-bond acceptors (Lipinski definition) is 7. The van der Waals surface area contributed by atoms with Gasteiger partial charge in [-0.1, -0.05) is 18.2 Å². The SMILES string of the molecule is CC(NC(=O)C(CCC(=O)O)NC(=O)C(N)CCC(N)=O)C(=O)NC(Cc1c[nH]c2ccccc12)C(=O)O. The van der Waals surface area contributed by atoms with E-state index < -0.39 is 66.2 Å². The molecule has 0 spiro atoms. The van der Waals surface area contributed by atoms with Crippen LogP contribution in [0, 0.1) is 0 Å². The molecule has 0 aliphatic carbocycles. The first-order valence-electron chi connectivity index (χ1n) is 11.8. The van der Waals surface area contributed by atoms with Crippen molar-refractivity contribution in [2.45, 2.75) is 63.2 Å². The van der Waals surface area contributed by atoms with E-state index in [2.05, 4.69) is 20.9 Å². The van der Waals surface area contributed by atoms with Crippen molar-refractivity contribution in [3.8, 4) is 0 Å². The van der Waals surface area contributed by atoms with Crippen molar-refractivity contribution in [2.24, 2.45) is 11.5 Å². The zero-order valence-corrected chi connectivity index (χ0v) is 20.7. The second-order valence-electron chi connectivity index (χ2n) is 8.80. The normalized spacial score (nSPS) is 14.1. The van der Waals surface area contributed by atoms with Crippen molar-refractivity contribution in [3.05, 3.63) is 36.0 Å². The van der Waals surface area contributed by atoms with Crippen LogP contribution in [0.5, 0.6) is 0 Å². The van der Waals surface area contributed by atoms with Crippen molar-refractivity contribution in [3.63, 3.8) is 0 Å². The van der Waals surface area contributed by atoms with E-state index in [0.29, 0.717) is 5.56 Å². The lowest BCUT2D eigenvalue weighted by Gasteiger charge is -2.23. The van der Waals surface area contributed by atoms with E-state index in [1.54, 1.807) is 12.3 Å². The number of para-hydroxylation sites is 1. The van der Waals surface area contributed by atoms with E-state index in [0.717, 1.165) is 10.9 Å². The number of rotatable bonds is 15. The summed E-state index contributed by atoms with van der Waals surface area (Å²) in [5.74, 6) is -5.64. The standard InChI is InChI=1S/C24H32N6O8/c1-12(21(34)30-18(24(37)38)10-13-11-27-16-5-3-2-4-14(13)16)28-23(36)17(7-9-20(32)33)29-22(35)15(25)6-8-19(26)31/h2-5,11-12,15,17-18,27H,6-10,25H2,1H3,(H2,26,31)(H,28,36)(H,29,35)(H,30,34)(H,32,33)(H,37,38). The monoisotopic (exact) mass is 532 g/mol. The lowest BCUT2D eigenvalue weighted by atomic mass is 10.0. The van der Waals surface area contributed by atoms with E-state index >= 15 is 0 Å². The number of nitrogens with one attached hydrogen (secondary N) is 4. The molecule has 0 fully saturated rings. The maximum absolute atomic E-state index is 12.8. The maximum atomic E-state index is 12.8. The Bertz CT molecular complexity index is 1200. The largest absolute Gasteiger partial charge is 0.481 e. The molecule has 4 atom stereocenters. The van der Waals surface area contributed by atoms with Crippen molar-refractivity contribution in [2.75, 3.05) is 0 Å². The Labute approximate surface area is 217 Å². The van der Waals surface area contributed by atoms with Crippen LogP contribution in [-0.2, 0) is 35.2 Å². The van der Waals surface area contributed by atoms with Crippen LogP contribution >= 0.6 is 0 Å². The average molecular weight is 533 g/mol. The first-order valence-corrected chi connectivity index (χ1v) is 11.8. The lowest BCUT2D eigenvalue weighted by Crippen LogP contribution is -2.56. The number of aromatic nitrogens is 1. The predicted octanol–water partition coefficient (Wildman–Crippen LogP) is -1.27. The van der Waals surface area contributed by atoms with Crippen LogP contribution in [0.25, 0.3) is 10.9 Å². The number of amides is 4. The summed E-state index contributed by atoms with van der Waals surface area (Å²) in [5.41, 5.74) is 12.2. The van der Waals surface area contributed by atoms with Crippen molar-refractivity contribution < 1.29 is 39.0 Å². The molecule has 1 heterocycles. The van der Waals surface area contributed by atoms with Crippen LogP contribution in [0.3, 0.4) is 0 Å². The Balaban J connectivity index is 2.03. The molecule has 0 aliphatic rings. The highest BCUT2D eigenvalue weighted by molar-refractivity contribution is 5.94. The molecule has 2 aromatic rings. The predicted molar refractivity (Wildman–Crippen MR) is 134 cm³/mol. The van der Waals surface area contributed by atoms with Gasteiger partial charge in [-0.05, 0) is 31.4 Å². The summed E-state index contributed by atoms with van der Waals surface area (Å²) in [7, 11) is 0. The average Bonchev–Trinajstić information content (AvgIpc) is 3.26. The van der Waals surface area contributed by atoms with Gasteiger partial charge < -0.3 is 42.6 Å². The van der Waals surface area contributed by atoms with Gasteiger partial charge in [0.2, 0.25) is 23.6 Å². The van der Waals surface area contributed by atoms with Gasteiger partial charge in [-0.25, -0.2) is 4.79 Å². The van der Waals surface area contributed by atoms with Crippen molar-refractivity contribution in [1.82, 2.24) is 20.9 Å². The number of carbonyl (C=O) groups is 6. The highest BCUT2D eigenvalue weighted by atomic mass is 16.4. The number of hydrogen-bond donors (Lipinski definition) is 8. The molecule has 1 aromatic carbocycles. The van der Waals surface area contributed by atoms with Gasteiger partial charge in [0, 0.05) is 36.4 Å². The quantitative estimate of drug-likeness (QED) is 0.136. The number of carbonyl (C=O) groups excluding carboxylic acids is 4. The molecule has 0 aliphatic heterocycles. The van der Waals surface area contributed by atoms with Gasteiger partial charge in [-0.15, -0.1) is 0 Å². The number of H-pyrrole nitrogens is 1. The fourth-order valence-electron chi connectivity index (χ4n) is 3.64. The van der Waals surface area contributed by atoms with Gasteiger partial charge in [-0.3, -0.25) is 24.0 Å². The third-order valence-corrected chi connectivity index (χ3v) is 5.78.